The van der Waals surface area contributed by atoms with Crippen molar-refractivity contribution in [2.45, 2.75) is 4.90 Å². The number of carbonyl (C=O) groups is 1. The maximum atomic E-state index is 12.9. The molecule has 0 spiro atoms. The first-order valence-corrected chi connectivity index (χ1v) is 10.5. The van der Waals surface area contributed by atoms with E-state index in [4.69, 9.17) is 16.3 Å². The fourth-order valence-electron chi connectivity index (χ4n) is 3.20. The number of benzene rings is 3. The lowest BCUT2D eigenvalue weighted by molar-refractivity contribution is -0.119. The van der Waals surface area contributed by atoms with Crippen LogP contribution in [0.1, 0.15) is 0 Å². The monoisotopic (exact) mass is 416 g/mol. The topological polar surface area (TPSA) is 75.7 Å². The third-order valence-corrected chi connectivity index (χ3v) is 6.53. The molecule has 4 rings (SSSR count). The molecular formula is C20H17ClN2O4S. The molecule has 0 bridgehead atoms. The number of anilines is 1. The molecule has 28 heavy (non-hydrogen) atoms. The Morgan fingerprint density at radius 1 is 1.04 bits per heavy atom. The summed E-state index contributed by atoms with van der Waals surface area (Å²) >= 11 is 5.81. The standard InChI is InChI=1S/C20H17ClN2O4S/c21-15-7-9-16(10-8-15)27-12-11-22-19(24)13-23-17-5-1-3-14-4-2-6-18(20(14)17)28(23,25)26/h1-10H,11-13H2,(H,22,24). The number of hydrogen-bond donors (Lipinski definition) is 1. The van der Waals surface area contributed by atoms with E-state index in [0.29, 0.717) is 21.8 Å². The predicted molar refractivity (Wildman–Crippen MR) is 108 cm³/mol. The Labute approximate surface area is 167 Å². The number of nitrogens with zero attached hydrogens (tertiary/aromatic N) is 1. The average molecular weight is 417 g/mol. The number of nitrogens with one attached hydrogen (secondary N) is 1. The normalized spacial score (nSPS) is 14.2. The quantitative estimate of drug-likeness (QED) is 0.626. The van der Waals surface area contributed by atoms with Gasteiger partial charge < -0.3 is 10.1 Å². The van der Waals surface area contributed by atoms with Gasteiger partial charge in [0.2, 0.25) is 5.91 Å². The molecule has 0 unspecified atom stereocenters. The van der Waals surface area contributed by atoms with Crippen molar-refractivity contribution >= 4 is 44.0 Å². The highest BCUT2D eigenvalue weighted by atomic mass is 35.5. The van der Waals surface area contributed by atoms with Gasteiger partial charge in [-0.05, 0) is 41.8 Å². The van der Waals surface area contributed by atoms with Crippen LogP contribution in [0, 0.1) is 0 Å². The summed E-state index contributed by atoms with van der Waals surface area (Å²) in [7, 11) is -3.74. The van der Waals surface area contributed by atoms with Gasteiger partial charge in [-0.3, -0.25) is 9.10 Å². The summed E-state index contributed by atoms with van der Waals surface area (Å²) in [6, 6.07) is 17.4. The van der Waals surface area contributed by atoms with Gasteiger partial charge in [-0.1, -0.05) is 35.9 Å². The van der Waals surface area contributed by atoms with E-state index >= 15 is 0 Å². The summed E-state index contributed by atoms with van der Waals surface area (Å²) in [4.78, 5) is 12.6. The minimum atomic E-state index is -3.74. The van der Waals surface area contributed by atoms with Gasteiger partial charge in [-0.2, -0.15) is 0 Å². The van der Waals surface area contributed by atoms with Crippen molar-refractivity contribution in [1.29, 1.82) is 0 Å². The molecule has 0 saturated carbocycles. The molecule has 3 aromatic rings. The Balaban J connectivity index is 1.40. The van der Waals surface area contributed by atoms with E-state index in [1.54, 1.807) is 48.5 Å². The van der Waals surface area contributed by atoms with Gasteiger partial charge >= 0.3 is 0 Å². The first-order valence-electron chi connectivity index (χ1n) is 8.66. The Kier molecular flexibility index (Phi) is 4.87. The molecule has 1 aliphatic rings. The van der Waals surface area contributed by atoms with Gasteiger partial charge in [0.25, 0.3) is 10.0 Å². The van der Waals surface area contributed by atoms with Crippen molar-refractivity contribution in [2.75, 3.05) is 24.0 Å². The SMILES string of the molecule is O=C(CN1c2cccc3cccc(c23)S1(=O)=O)NCCOc1ccc(Cl)cc1. The van der Waals surface area contributed by atoms with Gasteiger partial charge in [-0.15, -0.1) is 0 Å². The van der Waals surface area contributed by atoms with Crippen LogP contribution in [0.5, 0.6) is 5.75 Å². The summed E-state index contributed by atoms with van der Waals surface area (Å²) < 4.78 is 32.4. The highest BCUT2D eigenvalue weighted by molar-refractivity contribution is 7.93. The second kappa shape index (κ2) is 7.33. The summed E-state index contributed by atoms with van der Waals surface area (Å²) in [5, 5.41) is 4.79. The van der Waals surface area contributed by atoms with Crippen LogP contribution in [-0.2, 0) is 14.8 Å². The largest absolute Gasteiger partial charge is 0.492 e. The Morgan fingerprint density at radius 2 is 1.75 bits per heavy atom. The number of hydrogen-bond acceptors (Lipinski definition) is 4. The molecule has 144 valence electrons. The minimum absolute atomic E-state index is 0.236. The third kappa shape index (κ3) is 3.39. The lowest BCUT2D eigenvalue weighted by Gasteiger charge is -2.18. The molecule has 8 heteroatoms. The van der Waals surface area contributed by atoms with Crippen LogP contribution < -0.4 is 14.4 Å². The lowest BCUT2D eigenvalue weighted by atomic mass is 10.1. The molecule has 1 N–H and O–H groups in total. The number of sulfonamides is 1. The van der Waals surface area contributed by atoms with Crippen molar-refractivity contribution in [3.05, 3.63) is 65.7 Å². The van der Waals surface area contributed by atoms with E-state index < -0.39 is 15.9 Å². The molecule has 0 atom stereocenters. The second-order valence-electron chi connectivity index (χ2n) is 6.30. The van der Waals surface area contributed by atoms with Gasteiger partial charge in [0.05, 0.1) is 17.1 Å². The van der Waals surface area contributed by atoms with Gasteiger partial charge in [0.1, 0.15) is 18.9 Å². The molecule has 6 nitrogen and oxygen atoms in total. The molecule has 1 heterocycles. The van der Waals surface area contributed by atoms with Crippen LogP contribution in [-0.4, -0.2) is 34.0 Å². The lowest BCUT2D eigenvalue weighted by Crippen LogP contribution is -2.40. The second-order valence-corrected chi connectivity index (χ2v) is 8.56. The maximum absolute atomic E-state index is 12.9. The molecule has 0 radical (unpaired) electrons. The number of amides is 1. The first kappa shape index (κ1) is 18.6. The summed E-state index contributed by atoms with van der Waals surface area (Å²) in [6.07, 6.45) is 0. The molecule has 3 aromatic carbocycles. The van der Waals surface area contributed by atoms with Crippen LogP contribution in [0.25, 0.3) is 10.8 Å². The number of ether oxygens (including phenoxy) is 1. The molecule has 0 aromatic heterocycles. The zero-order valence-electron chi connectivity index (χ0n) is 14.8. The van der Waals surface area contributed by atoms with Crippen molar-refractivity contribution in [3.63, 3.8) is 0 Å². The van der Waals surface area contributed by atoms with Crippen LogP contribution in [0.2, 0.25) is 5.02 Å². The number of rotatable bonds is 6. The Morgan fingerprint density at radius 3 is 2.50 bits per heavy atom. The summed E-state index contributed by atoms with van der Waals surface area (Å²) in [6.45, 7) is 0.236. The van der Waals surface area contributed by atoms with Crippen LogP contribution in [0.3, 0.4) is 0 Å². The predicted octanol–water partition coefficient (Wildman–Crippen LogP) is 3.20. The molecule has 0 aliphatic carbocycles. The molecule has 1 aliphatic heterocycles. The summed E-state index contributed by atoms with van der Waals surface area (Å²) in [5.41, 5.74) is 0.528. The van der Waals surface area contributed by atoms with E-state index in [1.165, 1.54) is 0 Å². The van der Waals surface area contributed by atoms with E-state index in [9.17, 15) is 13.2 Å². The zero-order chi connectivity index (χ0) is 19.7. The van der Waals surface area contributed by atoms with E-state index in [-0.39, 0.29) is 24.6 Å². The Bertz CT molecular complexity index is 1140. The third-order valence-electron chi connectivity index (χ3n) is 4.48. The fraction of sp³-hybridized carbons (Fsp3) is 0.150. The summed E-state index contributed by atoms with van der Waals surface area (Å²) in [5.74, 6) is 0.246. The van der Waals surface area contributed by atoms with Crippen molar-refractivity contribution in [3.8, 4) is 5.75 Å². The molecule has 1 amide bonds. The Hall–Kier alpha value is -2.77. The highest BCUT2D eigenvalue weighted by Crippen LogP contribution is 2.41. The first-order chi connectivity index (χ1) is 13.5. The van der Waals surface area contributed by atoms with Crippen LogP contribution in [0.15, 0.2) is 65.6 Å². The van der Waals surface area contributed by atoms with Crippen molar-refractivity contribution < 1.29 is 17.9 Å². The minimum Gasteiger partial charge on any atom is -0.492 e. The fourth-order valence-corrected chi connectivity index (χ4v) is 5.00. The molecular weight excluding hydrogens is 400 g/mol. The van der Waals surface area contributed by atoms with Gasteiger partial charge in [-0.25, -0.2) is 8.42 Å². The average Bonchev–Trinajstić information content (AvgIpc) is 2.90. The van der Waals surface area contributed by atoms with Crippen molar-refractivity contribution in [1.82, 2.24) is 5.32 Å². The van der Waals surface area contributed by atoms with E-state index in [0.717, 1.165) is 9.69 Å². The van der Waals surface area contributed by atoms with Gasteiger partial charge in [0, 0.05) is 10.4 Å². The van der Waals surface area contributed by atoms with E-state index in [2.05, 4.69) is 5.32 Å². The van der Waals surface area contributed by atoms with E-state index in [1.807, 2.05) is 12.1 Å². The van der Waals surface area contributed by atoms with Crippen molar-refractivity contribution in [2.24, 2.45) is 0 Å². The maximum Gasteiger partial charge on any atom is 0.265 e. The van der Waals surface area contributed by atoms with Crippen LogP contribution >= 0.6 is 11.6 Å². The smallest absolute Gasteiger partial charge is 0.265 e. The zero-order valence-corrected chi connectivity index (χ0v) is 16.3. The molecule has 0 saturated heterocycles. The number of halogens is 1. The number of carbonyl (C=O) groups excluding carboxylic acids is 1. The highest BCUT2D eigenvalue weighted by Gasteiger charge is 2.36. The van der Waals surface area contributed by atoms with Crippen LogP contribution in [0.4, 0.5) is 5.69 Å². The van der Waals surface area contributed by atoms with Gasteiger partial charge in [0.15, 0.2) is 0 Å². The molecule has 0 fully saturated rings.